The van der Waals surface area contributed by atoms with E-state index in [0.29, 0.717) is 5.56 Å². The summed E-state index contributed by atoms with van der Waals surface area (Å²) in [7, 11) is -2.08. The molecular formula is C14H21N3O3S. The van der Waals surface area contributed by atoms with Gasteiger partial charge < -0.3 is 11.1 Å². The third kappa shape index (κ3) is 3.81. The summed E-state index contributed by atoms with van der Waals surface area (Å²) in [6.45, 7) is 0. The predicted octanol–water partition coefficient (Wildman–Crippen LogP) is 0.594. The van der Waals surface area contributed by atoms with Gasteiger partial charge in [-0.1, -0.05) is 12.8 Å². The van der Waals surface area contributed by atoms with Crippen LogP contribution in [-0.4, -0.2) is 33.5 Å². The highest BCUT2D eigenvalue weighted by molar-refractivity contribution is 7.89. The Morgan fingerprint density at radius 3 is 2.38 bits per heavy atom. The summed E-state index contributed by atoms with van der Waals surface area (Å²) in [6, 6.07) is 5.49. The van der Waals surface area contributed by atoms with Crippen LogP contribution >= 0.6 is 0 Å². The average Bonchev–Trinajstić information content (AvgIpc) is 2.49. The van der Waals surface area contributed by atoms with E-state index in [1.54, 1.807) is 0 Å². The third-order valence-corrected chi connectivity index (χ3v) is 5.29. The normalized spacial score (nSPS) is 22.8. The van der Waals surface area contributed by atoms with Gasteiger partial charge in [0.15, 0.2) is 0 Å². The number of hydrogen-bond acceptors (Lipinski definition) is 4. The lowest BCUT2D eigenvalue weighted by Gasteiger charge is -2.29. The summed E-state index contributed by atoms with van der Waals surface area (Å²) in [5, 5.41) is 2.49. The van der Waals surface area contributed by atoms with Gasteiger partial charge in [0, 0.05) is 24.7 Å². The zero-order chi connectivity index (χ0) is 15.5. The van der Waals surface area contributed by atoms with Gasteiger partial charge in [0.2, 0.25) is 10.0 Å². The van der Waals surface area contributed by atoms with Crippen LogP contribution in [0.2, 0.25) is 0 Å². The summed E-state index contributed by atoms with van der Waals surface area (Å²) >= 11 is 0. The van der Waals surface area contributed by atoms with Crippen LogP contribution in [0, 0.1) is 0 Å². The van der Waals surface area contributed by atoms with Gasteiger partial charge in [-0.15, -0.1) is 0 Å². The molecule has 0 bridgehead atoms. The molecule has 7 heteroatoms. The molecule has 6 nitrogen and oxygen atoms in total. The number of benzene rings is 1. The standard InChI is InChI=1S/C14H21N3O3S/c1-16-14(18)10-6-8-11(9-7-10)21(19,20)17-13-5-3-2-4-12(13)15/h6-9,12-13,17H,2-5,15H2,1H3,(H,16,18). The Morgan fingerprint density at radius 1 is 1.19 bits per heavy atom. The SMILES string of the molecule is CNC(=O)c1ccc(S(=O)(=O)NC2CCCCC2N)cc1. The van der Waals surface area contributed by atoms with Crippen molar-refractivity contribution in [3.05, 3.63) is 29.8 Å². The molecule has 0 saturated heterocycles. The van der Waals surface area contributed by atoms with Crippen LogP contribution in [0.3, 0.4) is 0 Å². The number of sulfonamides is 1. The molecule has 2 unspecified atom stereocenters. The topological polar surface area (TPSA) is 101 Å². The van der Waals surface area contributed by atoms with Gasteiger partial charge in [-0.2, -0.15) is 0 Å². The van der Waals surface area contributed by atoms with Crippen LogP contribution in [0.5, 0.6) is 0 Å². The number of carbonyl (C=O) groups excluding carboxylic acids is 1. The van der Waals surface area contributed by atoms with Crippen molar-refractivity contribution >= 4 is 15.9 Å². The molecule has 0 aliphatic heterocycles. The fourth-order valence-electron chi connectivity index (χ4n) is 2.50. The van der Waals surface area contributed by atoms with E-state index < -0.39 is 10.0 Å². The first-order valence-corrected chi connectivity index (χ1v) is 8.52. The Labute approximate surface area is 125 Å². The van der Waals surface area contributed by atoms with E-state index in [2.05, 4.69) is 10.0 Å². The van der Waals surface area contributed by atoms with Crippen molar-refractivity contribution in [3.8, 4) is 0 Å². The molecular weight excluding hydrogens is 290 g/mol. The van der Waals surface area contributed by atoms with Crippen LogP contribution in [0.1, 0.15) is 36.0 Å². The first-order chi connectivity index (χ1) is 9.94. The van der Waals surface area contributed by atoms with Gasteiger partial charge in [-0.3, -0.25) is 4.79 Å². The molecule has 1 aromatic rings. The Kier molecular flexibility index (Phi) is 4.97. The fourth-order valence-corrected chi connectivity index (χ4v) is 3.82. The lowest BCUT2D eigenvalue weighted by molar-refractivity contribution is 0.0963. The van der Waals surface area contributed by atoms with Crippen LogP contribution < -0.4 is 15.8 Å². The van der Waals surface area contributed by atoms with E-state index in [4.69, 9.17) is 5.73 Å². The summed E-state index contributed by atoms with van der Waals surface area (Å²) in [5.41, 5.74) is 6.39. The van der Waals surface area contributed by atoms with Crippen molar-refractivity contribution in [1.82, 2.24) is 10.0 Å². The molecule has 1 aliphatic rings. The van der Waals surface area contributed by atoms with Gasteiger partial charge in [-0.25, -0.2) is 13.1 Å². The van der Waals surface area contributed by atoms with Crippen LogP contribution in [0.4, 0.5) is 0 Å². The molecule has 2 rings (SSSR count). The minimum Gasteiger partial charge on any atom is -0.355 e. The number of carbonyl (C=O) groups is 1. The summed E-state index contributed by atoms with van der Waals surface area (Å²) in [4.78, 5) is 11.6. The Bertz CT molecular complexity index is 598. The predicted molar refractivity (Wildman–Crippen MR) is 80.4 cm³/mol. The molecule has 2 atom stereocenters. The molecule has 1 saturated carbocycles. The first-order valence-electron chi connectivity index (χ1n) is 7.04. The summed E-state index contributed by atoms with van der Waals surface area (Å²) in [5.74, 6) is -0.249. The molecule has 4 N–H and O–H groups in total. The molecule has 21 heavy (non-hydrogen) atoms. The van der Waals surface area contributed by atoms with E-state index in [0.717, 1.165) is 25.7 Å². The zero-order valence-corrected chi connectivity index (χ0v) is 12.8. The number of nitrogens with two attached hydrogens (primary N) is 1. The van der Waals surface area contributed by atoms with Crippen LogP contribution in [-0.2, 0) is 10.0 Å². The van der Waals surface area contributed by atoms with Crippen molar-refractivity contribution in [2.75, 3.05) is 7.05 Å². The highest BCUT2D eigenvalue weighted by atomic mass is 32.2. The lowest BCUT2D eigenvalue weighted by Crippen LogP contribution is -2.49. The summed E-state index contributed by atoms with van der Waals surface area (Å²) in [6.07, 6.45) is 3.62. The maximum atomic E-state index is 12.3. The molecule has 1 aromatic carbocycles. The highest BCUT2D eigenvalue weighted by Crippen LogP contribution is 2.19. The largest absolute Gasteiger partial charge is 0.355 e. The molecule has 1 amide bonds. The number of rotatable bonds is 4. The van der Waals surface area contributed by atoms with Crippen molar-refractivity contribution in [1.29, 1.82) is 0 Å². The monoisotopic (exact) mass is 311 g/mol. The van der Waals surface area contributed by atoms with Crippen LogP contribution in [0.25, 0.3) is 0 Å². The molecule has 1 fully saturated rings. The Hall–Kier alpha value is -1.44. The van der Waals surface area contributed by atoms with E-state index in [1.165, 1.54) is 31.3 Å². The van der Waals surface area contributed by atoms with Gasteiger partial charge in [-0.05, 0) is 37.1 Å². The van der Waals surface area contributed by atoms with Crippen molar-refractivity contribution in [2.45, 2.75) is 42.7 Å². The van der Waals surface area contributed by atoms with Gasteiger partial charge in [0.05, 0.1) is 4.90 Å². The second kappa shape index (κ2) is 6.55. The van der Waals surface area contributed by atoms with Crippen molar-refractivity contribution in [2.24, 2.45) is 5.73 Å². The molecule has 0 heterocycles. The van der Waals surface area contributed by atoms with E-state index in [9.17, 15) is 13.2 Å². The molecule has 1 aliphatic carbocycles. The van der Waals surface area contributed by atoms with E-state index >= 15 is 0 Å². The second-order valence-corrected chi connectivity index (χ2v) is 6.99. The van der Waals surface area contributed by atoms with E-state index in [1.807, 2.05) is 0 Å². The molecule has 0 spiro atoms. The van der Waals surface area contributed by atoms with Gasteiger partial charge >= 0.3 is 0 Å². The number of amides is 1. The summed E-state index contributed by atoms with van der Waals surface area (Å²) < 4.78 is 27.3. The molecule has 0 aromatic heterocycles. The first kappa shape index (κ1) is 15.9. The van der Waals surface area contributed by atoms with Gasteiger partial charge in [0.1, 0.15) is 0 Å². The maximum absolute atomic E-state index is 12.3. The number of nitrogens with one attached hydrogen (secondary N) is 2. The Morgan fingerprint density at radius 2 is 1.81 bits per heavy atom. The van der Waals surface area contributed by atoms with Crippen molar-refractivity contribution < 1.29 is 13.2 Å². The van der Waals surface area contributed by atoms with Gasteiger partial charge in [0.25, 0.3) is 5.91 Å². The number of hydrogen-bond donors (Lipinski definition) is 3. The van der Waals surface area contributed by atoms with E-state index in [-0.39, 0.29) is 22.9 Å². The third-order valence-electron chi connectivity index (χ3n) is 3.78. The Balaban J connectivity index is 2.13. The molecule has 0 radical (unpaired) electrons. The lowest BCUT2D eigenvalue weighted by atomic mass is 9.92. The smallest absolute Gasteiger partial charge is 0.251 e. The second-order valence-electron chi connectivity index (χ2n) is 5.28. The highest BCUT2D eigenvalue weighted by Gasteiger charge is 2.27. The maximum Gasteiger partial charge on any atom is 0.251 e. The fraction of sp³-hybridized carbons (Fsp3) is 0.500. The average molecular weight is 311 g/mol. The van der Waals surface area contributed by atoms with Crippen LogP contribution in [0.15, 0.2) is 29.2 Å². The molecule has 116 valence electrons. The quantitative estimate of drug-likeness (QED) is 0.757. The minimum atomic E-state index is -3.60. The minimum absolute atomic E-state index is 0.140. The zero-order valence-electron chi connectivity index (χ0n) is 12.0. The van der Waals surface area contributed by atoms with Crippen molar-refractivity contribution in [3.63, 3.8) is 0 Å².